The van der Waals surface area contributed by atoms with Crippen molar-refractivity contribution in [1.82, 2.24) is 0 Å². The normalized spacial score (nSPS) is 16.9. The third-order valence-electron chi connectivity index (χ3n) is 4.88. The molecular formula is C23H20F4. The molecule has 0 unspecified atom stereocenters. The molecule has 1 fully saturated rings. The number of alkyl halides is 2. The van der Waals surface area contributed by atoms with Crippen LogP contribution >= 0.6 is 0 Å². The molecule has 0 saturated heterocycles. The van der Waals surface area contributed by atoms with Crippen LogP contribution in [0.15, 0.2) is 42.5 Å². The Morgan fingerprint density at radius 3 is 2.22 bits per heavy atom. The van der Waals surface area contributed by atoms with Gasteiger partial charge in [-0.3, -0.25) is 0 Å². The fraction of sp³-hybridized carbons (Fsp3) is 0.304. The molecular weight excluding hydrogens is 352 g/mol. The van der Waals surface area contributed by atoms with Gasteiger partial charge in [0.25, 0.3) is 0 Å². The highest BCUT2D eigenvalue weighted by Crippen LogP contribution is 2.41. The first-order chi connectivity index (χ1) is 12.9. The smallest absolute Gasteiger partial charge is 0.207 e. The summed E-state index contributed by atoms with van der Waals surface area (Å²) in [5.74, 6) is 0.437. The second kappa shape index (κ2) is 8.00. The van der Waals surface area contributed by atoms with E-state index in [1.165, 1.54) is 12.1 Å². The molecule has 0 amide bonds. The van der Waals surface area contributed by atoms with Crippen molar-refractivity contribution < 1.29 is 17.6 Å². The van der Waals surface area contributed by atoms with Gasteiger partial charge in [-0.05, 0) is 55.0 Å². The van der Waals surface area contributed by atoms with Gasteiger partial charge in [-0.25, -0.2) is 17.6 Å². The van der Waals surface area contributed by atoms with Crippen molar-refractivity contribution in [3.05, 3.63) is 76.4 Å². The molecule has 0 atom stereocenters. The first-order valence-electron chi connectivity index (χ1n) is 9.00. The number of hydrogen-bond donors (Lipinski definition) is 0. The van der Waals surface area contributed by atoms with Crippen molar-refractivity contribution in [2.45, 2.75) is 44.4 Å². The average molecular weight is 372 g/mol. The van der Waals surface area contributed by atoms with Gasteiger partial charge in [0.05, 0.1) is 5.56 Å². The van der Waals surface area contributed by atoms with E-state index in [0.29, 0.717) is 5.56 Å². The first kappa shape index (κ1) is 19.2. The van der Waals surface area contributed by atoms with Crippen molar-refractivity contribution in [3.8, 4) is 11.8 Å². The maximum Gasteiger partial charge on any atom is 0.248 e. The van der Waals surface area contributed by atoms with Gasteiger partial charge in [0, 0.05) is 18.4 Å². The maximum absolute atomic E-state index is 14.5. The second-order valence-corrected chi connectivity index (χ2v) is 6.83. The number of hydrogen-bond acceptors (Lipinski definition) is 0. The molecule has 0 bridgehead atoms. The summed E-state index contributed by atoms with van der Waals surface area (Å²) < 4.78 is 55.4. The van der Waals surface area contributed by atoms with E-state index in [-0.39, 0.29) is 42.7 Å². The first-order valence-corrected chi connectivity index (χ1v) is 9.00. The number of benzene rings is 2. The monoisotopic (exact) mass is 372 g/mol. The third-order valence-corrected chi connectivity index (χ3v) is 4.88. The Bertz CT molecular complexity index is 888. The molecule has 140 valence electrons. The standard InChI is InChI=1S/C23H20F4/c1-2-3-16-4-6-17(7-5-16)8-9-19-10-11-20(22(25)21(19)24)18-12-14-23(26,27)15-13-18/h2-7,10-11,18H,12-15H2,1H3/b3-2+. The molecule has 1 aliphatic rings. The molecule has 0 radical (unpaired) electrons. The molecule has 0 spiro atoms. The van der Waals surface area contributed by atoms with Crippen molar-refractivity contribution >= 4 is 6.08 Å². The van der Waals surface area contributed by atoms with E-state index in [4.69, 9.17) is 0 Å². The molecule has 0 aliphatic heterocycles. The minimum absolute atomic E-state index is 0.0325. The number of rotatable bonds is 2. The highest BCUT2D eigenvalue weighted by molar-refractivity contribution is 5.52. The lowest BCUT2D eigenvalue weighted by Gasteiger charge is -2.28. The molecule has 0 heterocycles. The van der Waals surface area contributed by atoms with E-state index in [9.17, 15) is 17.6 Å². The predicted molar refractivity (Wildman–Crippen MR) is 99.6 cm³/mol. The van der Waals surface area contributed by atoms with Crippen LogP contribution in [0.25, 0.3) is 6.08 Å². The molecule has 1 saturated carbocycles. The average Bonchev–Trinajstić information content (AvgIpc) is 2.65. The van der Waals surface area contributed by atoms with Gasteiger partial charge in [0.2, 0.25) is 5.92 Å². The van der Waals surface area contributed by atoms with Gasteiger partial charge in [-0.15, -0.1) is 0 Å². The summed E-state index contributed by atoms with van der Waals surface area (Å²) in [6.07, 6.45) is 3.62. The molecule has 2 aromatic carbocycles. The largest absolute Gasteiger partial charge is 0.248 e. The molecule has 1 aliphatic carbocycles. The predicted octanol–water partition coefficient (Wildman–Crippen LogP) is 6.69. The van der Waals surface area contributed by atoms with E-state index in [1.54, 1.807) is 0 Å². The van der Waals surface area contributed by atoms with Crippen LogP contribution in [0, 0.1) is 23.5 Å². The zero-order chi connectivity index (χ0) is 19.4. The van der Waals surface area contributed by atoms with Gasteiger partial charge < -0.3 is 0 Å². The molecule has 4 heteroatoms. The fourth-order valence-corrected chi connectivity index (χ4v) is 3.34. The molecule has 2 aromatic rings. The van der Waals surface area contributed by atoms with Crippen LogP contribution in [-0.2, 0) is 0 Å². The minimum Gasteiger partial charge on any atom is -0.207 e. The fourth-order valence-electron chi connectivity index (χ4n) is 3.34. The Labute approximate surface area is 156 Å². The van der Waals surface area contributed by atoms with Crippen molar-refractivity contribution in [2.75, 3.05) is 0 Å². The van der Waals surface area contributed by atoms with Crippen molar-refractivity contribution in [2.24, 2.45) is 0 Å². The van der Waals surface area contributed by atoms with Crippen molar-refractivity contribution in [1.29, 1.82) is 0 Å². The molecule has 3 rings (SSSR count). The summed E-state index contributed by atoms with van der Waals surface area (Å²) in [7, 11) is 0. The van der Waals surface area contributed by atoms with E-state index in [0.717, 1.165) is 5.56 Å². The Morgan fingerprint density at radius 2 is 1.59 bits per heavy atom. The summed E-state index contributed by atoms with van der Waals surface area (Å²) >= 11 is 0. The van der Waals surface area contributed by atoms with Crippen LogP contribution < -0.4 is 0 Å². The maximum atomic E-state index is 14.5. The summed E-state index contributed by atoms with van der Waals surface area (Å²) in [6, 6.07) is 10.3. The Morgan fingerprint density at radius 1 is 0.926 bits per heavy atom. The van der Waals surface area contributed by atoms with E-state index in [2.05, 4.69) is 11.8 Å². The third kappa shape index (κ3) is 4.60. The topological polar surface area (TPSA) is 0 Å². The Kier molecular flexibility index (Phi) is 5.70. The van der Waals surface area contributed by atoms with Gasteiger partial charge in [0.1, 0.15) is 0 Å². The van der Waals surface area contributed by atoms with Crippen LogP contribution in [0.3, 0.4) is 0 Å². The van der Waals surface area contributed by atoms with E-state index in [1.807, 2.05) is 43.3 Å². The van der Waals surface area contributed by atoms with E-state index >= 15 is 0 Å². The lowest BCUT2D eigenvalue weighted by molar-refractivity contribution is -0.0384. The highest BCUT2D eigenvalue weighted by Gasteiger charge is 2.36. The van der Waals surface area contributed by atoms with E-state index < -0.39 is 17.6 Å². The zero-order valence-corrected chi connectivity index (χ0v) is 15.0. The van der Waals surface area contributed by atoms with Crippen LogP contribution in [0.1, 0.15) is 60.8 Å². The lowest BCUT2D eigenvalue weighted by atomic mass is 9.82. The van der Waals surface area contributed by atoms with Crippen LogP contribution in [0.2, 0.25) is 0 Å². The summed E-state index contributed by atoms with van der Waals surface area (Å²) in [6.45, 7) is 1.92. The van der Waals surface area contributed by atoms with Crippen LogP contribution in [-0.4, -0.2) is 5.92 Å². The summed E-state index contributed by atoms with van der Waals surface area (Å²) in [5.41, 5.74) is 1.86. The Balaban J connectivity index is 1.80. The molecule has 0 N–H and O–H groups in total. The minimum atomic E-state index is -2.70. The van der Waals surface area contributed by atoms with Gasteiger partial charge in [0.15, 0.2) is 11.6 Å². The SMILES string of the molecule is C/C=C/c1ccc(C#Cc2ccc(C3CCC(F)(F)CC3)c(F)c2F)cc1. The summed E-state index contributed by atoms with van der Waals surface area (Å²) in [4.78, 5) is 0. The van der Waals surface area contributed by atoms with Crippen LogP contribution in [0.4, 0.5) is 17.6 Å². The molecule has 0 aromatic heterocycles. The molecule has 27 heavy (non-hydrogen) atoms. The van der Waals surface area contributed by atoms with Gasteiger partial charge >= 0.3 is 0 Å². The van der Waals surface area contributed by atoms with Gasteiger partial charge in [-0.2, -0.15) is 0 Å². The quantitative estimate of drug-likeness (QED) is 0.407. The second-order valence-electron chi connectivity index (χ2n) is 6.83. The summed E-state index contributed by atoms with van der Waals surface area (Å²) in [5, 5.41) is 0. The van der Waals surface area contributed by atoms with Crippen LogP contribution in [0.5, 0.6) is 0 Å². The Hall–Kier alpha value is -2.54. The number of halogens is 4. The van der Waals surface area contributed by atoms with Crippen molar-refractivity contribution in [3.63, 3.8) is 0 Å². The highest BCUT2D eigenvalue weighted by atomic mass is 19.3. The number of allylic oxidation sites excluding steroid dienone is 1. The lowest BCUT2D eigenvalue weighted by Crippen LogP contribution is -2.24. The molecule has 0 nitrogen and oxygen atoms in total. The van der Waals surface area contributed by atoms with Gasteiger partial charge in [-0.1, -0.05) is 42.2 Å². The zero-order valence-electron chi connectivity index (χ0n) is 15.0.